The number of amides is 2. The number of rotatable bonds is 5. The van der Waals surface area contributed by atoms with E-state index in [9.17, 15) is 9.59 Å². The van der Waals surface area contributed by atoms with Gasteiger partial charge in [-0.25, -0.2) is 14.6 Å². The third kappa shape index (κ3) is 4.14. The number of carbonyl (C=O) groups is 2. The Kier molecular flexibility index (Phi) is 4.95. The zero-order chi connectivity index (χ0) is 17.8. The van der Waals surface area contributed by atoms with Gasteiger partial charge in [0, 0.05) is 17.1 Å². The molecule has 1 aliphatic carbocycles. The first-order chi connectivity index (χ1) is 12.1. The lowest BCUT2D eigenvalue weighted by molar-refractivity contribution is 0.0594. The third-order valence-corrected chi connectivity index (χ3v) is 4.58. The van der Waals surface area contributed by atoms with E-state index >= 15 is 0 Å². The number of thiazole rings is 1. The minimum Gasteiger partial charge on any atom is -0.464 e. The Hall–Kier alpha value is -2.92. The molecule has 0 bridgehead atoms. The molecule has 0 spiro atoms. The van der Waals surface area contributed by atoms with E-state index in [-0.39, 0.29) is 17.8 Å². The van der Waals surface area contributed by atoms with Crippen molar-refractivity contribution in [3.63, 3.8) is 0 Å². The maximum Gasteiger partial charge on any atom is 0.357 e. The van der Waals surface area contributed by atoms with Gasteiger partial charge in [-0.1, -0.05) is 6.07 Å². The second-order valence-electron chi connectivity index (χ2n) is 5.60. The van der Waals surface area contributed by atoms with E-state index in [1.807, 2.05) is 6.07 Å². The summed E-state index contributed by atoms with van der Waals surface area (Å²) < 4.78 is 4.65. The summed E-state index contributed by atoms with van der Waals surface area (Å²) in [5.41, 5.74) is 1.31. The number of esters is 1. The number of hydrogen-bond donors (Lipinski definition) is 1. The van der Waals surface area contributed by atoms with Crippen LogP contribution in [0, 0.1) is 11.3 Å². The SMILES string of the molecule is COC(=O)c1csc(CN(C(=O)Nc2cccc(C#N)c2)C2CC2)n1. The fourth-order valence-electron chi connectivity index (χ4n) is 2.34. The quantitative estimate of drug-likeness (QED) is 0.831. The number of nitrogens with one attached hydrogen (secondary N) is 1. The Morgan fingerprint density at radius 3 is 2.96 bits per heavy atom. The summed E-state index contributed by atoms with van der Waals surface area (Å²) in [6.07, 6.45) is 1.89. The number of carbonyl (C=O) groups excluding carboxylic acids is 2. The van der Waals surface area contributed by atoms with Crippen molar-refractivity contribution in [1.29, 1.82) is 5.26 Å². The zero-order valence-corrected chi connectivity index (χ0v) is 14.4. The molecule has 0 radical (unpaired) electrons. The minimum atomic E-state index is -0.488. The van der Waals surface area contributed by atoms with Crippen LogP contribution >= 0.6 is 11.3 Å². The summed E-state index contributed by atoms with van der Waals surface area (Å²) >= 11 is 1.32. The molecule has 1 aromatic heterocycles. The Morgan fingerprint density at radius 1 is 1.48 bits per heavy atom. The van der Waals surface area contributed by atoms with Crippen molar-refractivity contribution in [2.75, 3.05) is 12.4 Å². The van der Waals surface area contributed by atoms with E-state index in [2.05, 4.69) is 15.0 Å². The maximum atomic E-state index is 12.6. The summed E-state index contributed by atoms with van der Waals surface area (Å²) in [6, 6.07) is 8.74. The molecule has 1 saturated carbocycles. The highest BCUT2D eigenvalue weighted by Crippen LogP contribution is 2.29. The molecule has 7 nitrogen and oxygen atoms in total. The van der Waals surface area contributed by atoms with Crippen molar-refractivity contribution in [3.8, 4) is 6.07 Å². The molecule has 1 N–H and O–H groups in total. The van der Waals surface area contributed by atoms with Crippen LogP contribution in [0.3, 0.4) is 0 Å². The van der Waals surface area contributed by atoms with Crippen LogP contribution in [0.25, 0.3) is 0 Å². The second-order valence-corrected chi connectivity index (χ2v) is 6.54. The van der Waals surface area contributed by atoms with E-state index < -0.39 is 5.97 Å². The number of urea groups is 1. The molecule has 25 heavy (non-hydrogen) atoms. The van der Waals surface area contributed by atoms with Crippen molar-refractivity contribution >= 4 is 29.0 Å². The second kappa shape index (κ2) is 7.32. The average molecular weight is 356 g/mol. The molecular weight excluding hydrogens is 340 g/mol. The van der Waals surface area contributed by atoms with Crippen LogP contribution in [-0.2, 0) is 11.3 Å². The van der Waals surface area contributed by atoms with Crippen molar-refractivity contribution in [2.24, 2.45) is 0 Å². The maximum absolute atomic E-state index is 12.6. The molecule has 0 aliphatic heterocycles. The van der Waals surface area contributed by atoms with Crippen LogP contribution < -0.4 is 5.32 Å². The summed E-state index contributed by atoms with van der Waals surface area (Å²) in [7, 11) is 1.31. The van der Waals surface area contributed by atoms with Crippen LogP contribution in [0.5, 0.6) is 0 Å². The van der Waals surface area contributed by atoms with Crippen molar-refractivity contribution in [1.82, 2.24) is 9.88 Å². The molecule has 8 heteroatoms. The number of aromatic nitrogens is 1. The lowest BCUT2D eigenvalue weighted by Gasteiger charge is -2.21. The highest BCUT2D eigenvalue weighted by atomic mass is 32.1. The number of anilines is 1. The van der Waals surface area contributed by atoms with Crippen LogP contribution in [0.2, 0.25) is 0 Å². The summed E-state index contributed by atoms with van der Waals surface area (Å²) in [5, 5.41) is 14.1. The standard InChI is InChI=1S/C17H16N4O3S/c1-24-16(22)14-10-25-15(20-14)9-21(13-5-6-13)17(23)19-12-4-2-3-11(7-12)8-18/h2-4,7,10,13H,5-6,9H2,1H3,(H,19,23). The highest BCUT2D eigenvalue weighted by Gasteiger charge is 2.33. The third-order valence-electron chi connectivity index (χ3n) is 3.74. The van der Waals surface area contributed by atoms with E-state index in [1.165, 1.54) is 18.4 Å². The Balaban J connectivity index is 1.70. The van der Waals surface area contributed by atoms with Gasteiger partial charge < -0.3 is 15.0 Å². The molecule has 128 valence electrons. The molecule has 1 aromatic carbocycles. The van der Waals surface area contributed by atoms with Gasteiger partial charge in [-0.15, -0.1) is 11.3 Å². The fourth-order valence-corrected chi connectivity index (χ4v) is 3.10. The first kappa shape index (κ1) is 16.9. The van der Waals surface area contributed by atoms with Gasteiger partial charge in [0.1, 0.15) is 5.01 Å². The van der Waals surface area contributed by atoms with Crippen molar-refractivity contribution in [2.45, 2.75) is 25.4 Å². The zero-order valence-electron chi connectivity index (χ0n) is 13.6. The average Bonchev–Trinajstić information content (AvgIpc) is 3.36. The van der Waals surface area contributed by atoms with Gasteiger partial charge in [-0.3, -0.25) is 0 Å². The first-order valence-electron chi connectivity index (χ1n) is 7.71. The molecule has 1 fully saturated rings. The van der Waals surface area contributed by atoms with E-state index in [0.29, 0.717) is 22.8 Å². The molecular formula is C17H16N4O3S. The molecule has 2 amide bonds. The van der Waals surface area contributed by atoms with Gasteiger partial charge in [0.05, 0.1) is 25.3 Å². The summed E-state index contributed by atoms with van der Waals surface area (Å²) in [6.45, 7) is 0.329. The predicted octanol–water partition coefficient (Wildman–Crippen LogP) is 3.00. The Labute approximate surface area is 148 Å². The van der Waals surface area contributed by atoms with Gasteiger partial charge >= 0.3 is 12.0 Å². The first-order valence-corrected chi connectivity index (χ1v) is 8.59. The number of nitrogens with zero attached hydrogens (tertiary/aromatic N) is 3. The summed E-state index contributed by atoms with van der Waals surface area (Å²) in [4.78, 5) is 30.0. The molecule has 1 aliphatic rings. The molecule has 2 aromatic rings. The largest absolute Gasteiger partial charge is 0.464 e. The van der Waals surface area contributed by atoms with Gasteiger partial charge in [0.25, 0.3) is 0 Å². The van der Waals surface area contributed by atoms with Crippen molar-refractivity contribution < 1.29 is 14.3 Å². The van der Waals surface area contributed by atoms with E-state index in [1.54, 1.807) is 34.5 Å². The highest BCUT2D eigenvalue weighted by molar-refractivity contribution is 7.09. The molecule has 3 rings (SSSR count). The monoisotopic (exact) mass is 356 g/mol. The van der Waals surface area contributed by atoms with Crippen molar-refractivity contribution in [3.05, 3.63) is 45.9 Å². The molecule has 0 atom stereocenters. The Bertz CT molecular complexity index is 838. The number of benzene rings is 1. The number of methoxy groups -OCH3 is 1. The van der Waals surface area contributed by atoms with Gasteiger partial charge in [0.2, 0.25) is 0 Å². The molecule has 0 unspecified atom stereocenters. The van der Waals surface area contributed by atoms with Crippen LogP contribution in [0.15, 0.2) is 29.6 Å². The van der Waals surface area contributed by atoms with Crippen LogP contribution in [-0.4, -0.2) is 35.0 Å². The smallest absolute Gasteiger partial charge is 0.357 e. The van der Waals surface area contributed by atoms with E-state index in [4.69, 9.17) is 5.26 Å². The predicted molar refractivity (Wildman–Crippen MR) is 92.2 cm³/mol. The number of nitriles is 1. The number of hydrogen-bond acceptors (Lipinski definition) is 6. The topological polar surface area (TPSA) is 95.3 Å². The molecule has 0 saturated heterocycles. The van der Waals surface area contributed by atoms with Gasteiger partial charge in [-0.2, -0.15) is 5.26 Å². The summed E-state index contributed by atoms with van der Waals surface area (Å²) in [5.74, 6) is -0.488. The van der Waals surface area contributed by atoms with Gasteiger partial charge in [0.15, 0.2) is 5.69 Å². The van der Waals surface area contributed by atoms with E-state index in [0.717, 1.165) is 12.8 Å². The fraction of sp³-hybridized carbons (Fsp3) is 0.294. The van der Waals surface area contributed by atoms with Crippen LogP contribution in [0.1, 0.15) is 33.9 Å². The lowest BCUT2D eigenvalue weighted by Crippen LogP contribution is -2.36. The minimum absolute atomic E-state index is 0.171. The normalized spacial score (nSPS) is 13.0. The molecule has 1 heterocycles. The number of ether oxygens (including phenoxy) is 1. The van der Waals surface area contributed by atoms with Gasteiger partial charge in [-0.05, 0) is 31.0 Å². The van der Waals surface area contributed by atoms with Crippen LogP contribution in [0.4, 0.5) is 10.5 Å². The lowest BCUT2D eigenvalue weighted by atomic mass is 10.2. The Morgan fingerprint density at radius 2 is 2.28 bits per heavy atom.